The van der Waals surface area contributed by atoms with E-state index in [1.165, 1.54) is 31.2 Å². The smallest absolute Gasteiger partial charge is 0.246 e. The predicted octanol–water partition coefficient (Wildman–Crippen LogP) is 6.03. The molecule has 9 heteroatoms. The Kier molecular flexibility index (Phi) is 7.93. The highest BCUT2D eigenvalue weighted by Gasteiger charge is 2.37. The Bertz CT molecular complexity index is 1610. The Hall–Kier alpha value is -4.40. The molecule has 0 radical (unpaired) electrons. The Morgan fingerprint density at radius 2 is 1.41 bits per heavy atom. The first-order valence-electron chi connectivity index (χ1n) is 16.2. The van der Waals surface area contributed by atoms with Crippen LogP contribution in [0.25, 0.3) is 33.6 Å². The SMILES string of the molecule is CC(C)[C@@H](NC1=NCCN1)C(=O)N1CCC[C@H]1c1ncc(-c2ccc(-c3ccc(-c4cnc(C5CCCC5)[nH]4)cc3)cc2)[nH]1. The van der Waals surface area contributed by atoms with E-state index < -0.39 is 0 Å². The van der Waals surface area contributed by atoms with Gasteiger partial charge in [-0.2, -0.15) is 0 Å². The van der Waals surface area contributed by atoms with E-state index in [1.54, 1.807) is 0 Å². The zero-order chi connectivity index (χ0) is 30.0. The number of carbonyl (C=O) groups excluding carboxylic acids is 1. The molecule has 2 aliphatic heterocycles. The maximum Gasteiger partial charge on any atom is 0.246 e. The number of benzene rings is 2. The number of aromatic amines is 2. The topological polar surface area (TPSA) is 114 Å². The number of nitrogens with one attached hydrogen (secondary N) is 4. The third-order valence-corrected chi connectivity index (χ3v) is 9.41. The van der Waals surface area contributed by atoms with Gasteiger partial charge in [-0.15, -0.1) is 0 Å². The van der Waals surface area contributed by atoms with E-state index in [0.29, 0.717) is 5.92 Å². The number of carbonyl (C=O) groups is 1. The van der Waals surface area contributed by atoms with Gasteiger partial charge in [-0.3, -0.25) is 9.79 Å². The summed E-state index contributed by atoms with van der Waals surface area (Å²) in [5.41, 5.74) is 6.62. The number of amides is 1. The van der Waals surface area contributed by atoms with Gasteiger partial charge in [-0.05, 0) is 53.9 Å². The molecule has 44 heavy (non-hydrogen) atoms. The minimum atomic E-state index is -0.329. The minimum Gasteiger partial charge on any atom is -0.355 e. The maximum absolute atomic E-state index is 13.7. The summed E-state index contributed by atoms with van der Waals surface area (Å²) in [4.78, 5) is 36.6. The monoisotopic (exact) mass is 590 g/mol. The lowest BCUT2D eigenvalue weighted by Crippen LogP contribution is -2.53. The quantitative estimate of drug-likeness (QED) is 0.200. The van der Waals surface area contributed by atoms with Crippen LogP contribution in [-0.4, -0.2) is 62.4 Å². The molecule has 0 bridgehead atoms. The second kappa shape index (κ2) is 12.3. The Labute approximate surface area is 259 Å². The van der Waals surface area contributed by atoms with Gasteiger partial charge < -0.3 is 25.5 Å². The molecule has 4 heterocycles. The van der Waals surface area contributed by atoms with Crippen molar-refractivity contribution in [3.8, 4) is 33.6 Å². The number of aliphatic imine (C=N–C) groups is 1. The first-order valence-corrected chi connectivity index (χ1v) is 16.2. The van der Waals surface area contributed by atoms with Crippen LogP contribution in [0.3, 0.4) is 0 Å². The van der Waals surface area contributed by atoms with Crippen LogP contribution < -0.4 is 10.6 Å². The molecule has 4 N–H and O–H groups in total. The third kappa shape index (κ3) is 5.75. The molecular formula is C35H42N8O. The minimum absolute atomic E-state index is 0.0559. The van der Waals surface area contributed by atoms with Crippen LogP contribution >= 0.6 is 0 Å². The maximum atomic E-state index is 13.7. The second-order valence-electron chi connectivity index (χ2n) is 12.7. The summed E-state index contributed by atoms with van der Waals surface area (Å²) >= 11 is 0. The molecule has 2 aromatic heterocycles. The summed E-state index contributed by atoms with van der Waals surface area (Å²) in [6, 6.07) is 16.9. The van der Waals surface area contributed by atoms with Crippen LogP contribution in [0.1, 0.15) is 76.0 Å². The fraction of sp³-hybridized carbons (Fsp3) is 0.429. The van der Waals surface area contributed by atoms with Crippen LogP contribution in [0.2, 0.25) is 0 Å². The molecule has 2 fully saturated rings. The van der Waals surface area contributed by atoms with Gasteiger partial charge in [0.15, 0.2) is 5.96 Å². The average molecular weight is 591 g/mol. The Morgan fingerprint density at radius 3 is 2.00 bits per heavy atom. The molecular weight excluding hydrogens is 548 g/mol. The average Bonchev–Trinajstić information content (AvgIpc) is 3.89. The first kappa shape index (κ1) is 28.4. The zero-order valence-electron chi connectivity index (χ0n) is 25.6. The number of guanidine groups is 1. The molecule has 7 rings (SSSR count). The van der Waals surface area contributed by atoms with Crippen molar-refractivity contribution in [1.29, 1.82) is 0 Å². The largest absolute Gasteiger partial charge is 0.355 e. The summed E-state index contributed by atoms with van der Waals surface area (Å²) in [5, 5.41) is 6.58. The lowest BCUT2D eigenvalue weighted by atomic mass is 10.0. The number of likely N-dealkylation sites (tertiary alicyclic amines) is 1. The fourth-order valence-electron chi connectivity index (χ4n) is 6.88. The van der Waals surface area contributed by atoms with Crippen LogP contribution in [-0.2, 0) is 4.79 Å². The number of H-pyrrole nitrogens is 2. The molecule has 9 nitrogen and oxygen atoms in total. The number of hydrogen-bond donors (Lipinski definition) is 4. The van der Waals surface area contributed by atoms with Gasteiger partial charge in [-0.25, -0.2) is 9.97 Å². The molecule has 3 aliphatic rings. The molecule has 2 atom stereocenters. The van der Waals surface area contributed by atoms with Crippen molar-refractivity contribution < 1.29 is 4.79 Å². The van der Waals surface area contributed by atoms with Gasteiger partial charge in [0.05, 0.1) is 36.4 Å². The normalized spacial score (nSPS) is 19.4. The van der Waals surface area contributed by atoms with E-state index in [1.807, 2.05) is 17.3 Å². The highest BCUT2D eigenvalue weighted by molar-refractivity contribution is 5.90. The molecule has 1 saturated carbocycles. The molecule has 2 aromatic carbocycles. The lowest BCUT2D eigenvalue weighted by Gasteiger charge is -2.30. The standard InChI is InChI=1S/C35H42N8O/c1-22(2)31(42-35-36-17-18-37-35)34(44)43-19-5-8-30(43)33-39-21-29(41-33)26-15-11-24(12-16-26)23-9-13-25(14-10-23)28-20-38-32(40-28)27-6-3-4-7-27/h9-16,20-22,27,30-31H,3-8,17-19H2,1-2H3,(H,38,40)(H,39,41)(H2,36,37,42)/t30-,31+/m0/s1. The summed E-state index contributed by atoms with van der Waals surface area (Å²) in [5.74, 6) is 3.53. The predicted molar refractivity (Wildman–Crippen MR) is 174 cm³/mol. The fourth-order valence-corrected chi connectivity index (χ4v) is 6.88. The van der Waals surface area contributed by atoms with Crippen LogP contribution in [0, 0.1) is 5.92 Å². The van der Waals surface area contributed by atoms with Crippen molar-refractivity contribution in [3.05, 3.63) is 72.6 Å². The molecule has 1 aliphatic carbocycles. The first-order chi connectivity index (χ1) is 21.5. The van der Waals surface area contributed by atoms with Crippen LogP contribution in [0.4, 0.5) is 0 Å². The molecule has 4 aromatic rings. The number of hydrogen-bond acceptors (Lipinski definition) is 6. The molecule has 1 saturated heterocycles. The summed E-state index contributed by atoms with van der Waals surface area (Å²) in [6.45, 7) is 6.43. The summed E-state index contributed by atoms with van der Waals surface area (Å²) in [7, 11) is 0. The van der Waals surface area contributed by atoms with E-state index in [-0.39, 0.29) is 23.9 Å². The van der Waals surface area contributed by atoms with Gasteiger partial charge in [0.2, 0.25) is 5.91 Å². The summed E-state index contributed by atoms with van der Waals surface area (Å²) < 4.78 is 0. The highest BCUT2D eigenvalue weighted by Crippen LogP contribution is 2.35. The Balaban J connectivity index is 1.02. The number of imidazole rings is 2. The van der Waals surface area contributed by atoms with Crippen LogP contribution in [0.15, 0.2) is 65.9 Å². The van der Waals surface area contributed by atoms with Crippen molar-refractivity contribution in [2.75, 3.05) is 19.6 Å². The highest BCUT2D eigenvalue weighted by atomic mass is 16.2. The van der Waals surface area contributed by atoms with Crippen molar-refractivity contribution in [2.24, 2.45) is 10.9 Å². The lowest BCUT2D eigenvalue weighted by molar-refractivity contribution is -0.135. The van der Waals surface area contributed by atoms with E-state index in [9.17, 15) is 4.79 Å². The van der Waals surface area contributed by atoms with E-state index >= 15 is 0 Å². The molecule has 228 valence electrons. The molecule has 0 spiro atoms. The van der Waals surface area contributed by atoms with Crippen molar-refractivity contribution in [1.82, 2.24) is 35.5 Å². The summed E-state index contributed by atoms with van der Waals surface area (Å²) in [6.07, 6.45) is 10.8. The Morgan fingerprint density at radius 1 is 0.818 bits per heavy atom. The van der Waals surface area contributed by atoms with Gasteiger partial charge >= 0.3 is 0 Å². The molecule has 1 amide bonds. The van der Waals surface area contributed by atoms with Crippen molar-refractivity contribution in [3.63, 3.8) is 0 Å². The van der Waals surface area contributed by atoms with Gasteiger partial charge in [0.25, 0.3) is 0 Å². The van der Waals surface area contributed by atoms with Crippen LogP contribution in [0.5, 0.6) is 0 Å². The van der Waals surface area contributed by atoms with E-state index in [4.69, 9.17) is 4.98 Å². The number of nitrogens with zero attached hydrogens (tertiary/aromatic N) is 4. The number of rotatable bonds is 8. The zero-order valence-corrected chi connectivity index (χ0v) is 25.6. The van der Waals surface area contributed by atoms with Gasteiger partial charge in [0.1, 0.15) is 17.7 Å². The van der Waals surface area contributed by atoms with Crippen molar-refractivity contribution in [2.45, 2.75) is 70.4 Å². The number of aromatic nitrogens is 4. The van der Waals surface area contributed by atoms with Gasteiger partial charge in [-0.1, -0.05) is 75.2 Å². The van der Waals surface area contributed by atoms with Crippen molar-refractivity contribution >= 4 is 11.9 Å². The molecule has 0 unspecified atom stereocenters. The van der Waals surface area contributed by atoms with E-state index in [0.717, 1.165) is 78.2 Å². The third-order valence-electron chi connectivity index (χ3n) is 9.41. The van der Waals surface area contributed by atoms with E-state index in [2.05, 4.69) is 93.0 Å². The second-order valence-corrected chi connectivity index (χ2v) is 12.7. The van der Waals surface area contributed by atoms with Gasteiger partial charge in [0, 0.05) is 19.0 Å².